The summed E-state index contributed by atoms with van der Waals surface area (Å²) in [6.07, 6.45) is 7.38. The molecule has 3 atom stereocenters. The lowest BCUT2D eigenvalue weighted by Crippen LogP contribution is -2.48. The van der Waals surface area contributed by atoms with Gasteiger partial charge < -0.3 is 4.90 Å². The minimum atomic E-state index is 0.924. The van der Waals surface area contributed by atoms with Gasteiger partial charge in [-0.15, -0.1) is 0 Å². The van der Waals surface area contributed by atoms with E-state index in [1.165, 1.54) is 38.6 Å². The first kappa shape index (κ1) is 8.55. The van der Waals surface area contributed by atoms with E-state index in [-0.39, 0.29) is 0 Å². The molecule has 1 aliphatic heterocycles. The van der Waals surface area contributed by atoms with E-state index in [2.05, 4.69) is 18.9 Å². The topological polar surface area (TPSA) is 3.24 Å². The van der Waals surface area contributed by atoms with E-state index in [0.717, 1.165) is 17.9 Å². The SMILES string of the molecule is C[C@@H]1CCC[C@@H]2CCCN(C)[C@H]21. The highest BCUT2D eigenvalue weighted by atomic mass is 15.1. The van der Waals surface area contributed by atoms with E-state index < -0.39 is 0 Å². The van der Waals surface area contributed by atoms with Crippen molar-refractivity contribution in [2.75, 3.05) is 13.6 Å². The van der Waals surface area contributed by atoms with Crippen molar-refractivity contribution in [2.24, 2.45) is 11.8 Å². The third-order valence-corrected chi connectivity index (χ3v) is 3.90. The average Bonchev–Trinajstić information content (AvgIpc) is 2.04. The van der Waals surface area contributed by atoms with Crippen molar-refractivity contribution in [2.45, 2.75) is 45.1 Å². The standard InChI is InChI=1S/C11H21N/c1-9-5-3-6-10-7-4-8-12(2)11(9)10/h9-11H,3-8H2,1-2H3/t9-,10-,11+/m1/s1. The number of hydrogen-bond donors (Lipinski definition) is 0. The Labute approximate surface area is 76.1 Å². The zero-order valence-corrected chi connectivity index (χ0v) is 8.42. The Balaban J connectivity index is 2.07. The van der Waals surface area contributed by atoms with Crippen LogP contribution in [0.1, 0.15) is 39.0 Å². The molecule has 0 unspecified atom stereocenters. The van der Waals surface area contributed by atoms with Gasteiger partial charge in [0.1, 0.15) is 0 Å². The highest BCUT2D eigenvalue weighted by Gasteiger charge is 2.35. The predicted molar refractivity (Wildman–Crippen MR) is 52.2 cm³/mol. The molecule has 0 amide bonds. The second kappa shape index (κ2) is 3.37. The maximum Gasteiger partial charge on any atom is 0.0146 e. The molecule has 0 radical (unpaired) electrons. The van der Waals surface area contributed by atoms with E-state index in [1.807, 2.05) is 0 Å². The monoisotopic (exact) mass is 167 g/mol. The van der Waals surface area contributed by atoms with Crippen LogP contribution in [0, 0.1) is 11.8 Å². The van der Waals surface area contributed by atoms with Gasteiger partial charge in [-0.05, 0) is 51.1 Å². The molecule has 70 valence electrons. The number of nitrogens with zero attached hydrogens (tertiary/aromatic N) is 1. The lowest BCUT2D eigenvalue weighted by molar-refractivity contribution is 0.0448. The summed E-state index contributed by atoms with van der Waals surface area (Å²) in [5, 5.41) is 0. The largest absolute Gasteiger partial charge is 0.303 e. The van der Waals surface area contributed by atoms with E-state index in [0.29, 0.717) is 0 Å². The molecule has 0 aromatic rings. The Morgan fingerprint density at radius 3 is 2.58 bits per heavy atom. The molecule has 0 bridgehead atoms. The zero-order valence-electron chi connectivity index (χ0n) is 8.42. The third-order valence-electron chi connectivity index (χ3n) is 3.90. The summed E-state index contributed by atoms with van der Waals surface area (Å²) in [5.41, 5.74) is 0. The Kier molecular flexibility index (Phi) is 2.40. The number of piperidine rings is 1. The summed E-state index contributed by atoms with van der Waals surface area (Å²) in [7, 11) is 2.32. The second-order valence-corrected chi connectivity index (χ2v) is 4.78. The van der Waals surface area contributed by atoms with Gasteiger partial charge in [-0.1, -0.05) is 13.3 Å². The third kappa shape index (κ3) is 1.39. The molecule has 1 saturated heterocycles. The van der Waals surface area contributed by atoms with E-state index >= 15 is 0 Å². The molecular formula is C11H21N. The zero-order chi connectivity index (χ0) is 8.55. The predicted octanol–water partition coefficient (Wildman–Crippen LogP) is 2.52. The minimum absolute atomic E-state index is 0.924. The minimum Gasteiger partial charge on any atom is -0.303 e. The Hall–Kier alpha value is -0.0400. The maximum atomic E-state index is 2.61. The van der Waals surface area contributed by atoms with Gasteiger partial charge in [0.05, 0.1) is 0 Å². The van der Waals surface area contributed by atoms with Crippen LogP contribution < -0.4 is 0 Å². The van der Waals surface area contributed by atoms with Crippen molar-refractivity contribution >= 4 is 0 Å². The lowest BCUT2D eigenvalue weighted by Gasteiger charge is -2.45. The van der Waals surface area contributed by atoms with Gasteiger partial charge in [0.2, 0.25) is 0 Å². The first-order valence-electron chi connectivity index (χ1n) is 5.49. The smallest absolute Gasteiger partial charge is 0.0146 e. The molecule has 0 aromatic heterocycles. The summed E-state index contributed by atoms with van der Waals surface area (Å²) in [5.74, 6) is 1.99. The van der Waals surface area contributed by atoms with Crippen LogP contribution in [0.15, 0.2) is 0 Å². The van der Waals surface area contributed by atoms with Crippen LogP contribution in [0.3, 0.4) is 0 Å². The first-order valence-corrected chi connectivity index (χ1v) is 5.49. The van der Waals surface area contributed by atoms with Gasteiger partial charge in [0.25, 0.3) is 0 Å². The van der Waals surface area contributed by atoms with Crippen LogP contribution in [0.4, 0.5) is 0 Å². The quantitative estimate of drug-likeness (QED) is 0.536. The van der Waals surface area contributed by atoms with E-state index in [1.54, 1.807) is 0 Å². The fourth-order valence-corrected chi connectivity index (χ4v) is 3.37. The summed E-state index contributed by atoms with van der Waals surface area (Å²) < 4.78 is 0. The fourth-order valence-electron chi connectivity index (χ4n) is 3.37. The fraction of sp³-hybridized carbons (Fsp3) is 1.00. The summed E-state index contributed by atoms with van der Waals surface area (Å²) in [4.78, 5) is 2.61. The Bertz CT molecular complexity index is 139. The second-order valence-electron chi connectivity index (χ2n) is 4.78. The molecule has 1 heteroatoms. The number of rotatable bonds is 0. The van der Waals surface area contributed by atoms with Crippen LogP contribution in [0.25, 0.3) is 0 Å². The first-order chi connectivity index (χ1) is 5.79. The van der Waals surface area contributed by atoms with Gasteiger partial charge in [0.15, 0.2) is 0 Å². The number of hydrogen-bond acceptors (Lipinski definition) is 1. The molecule has 0 N–H and O–H groups in total. The highest BCUT2D eigenvalue weighted by Crippen LogP contribution is 2.37. The molecular weight excluding hydrogens is 146 g/mol. The van der Waals surface area contributed by atoms with Crippen LogP contribution >= 0.6 is 0 Å². The van der Waals surface area contributed by atoms with Gasteiger partial charge in [-0.3, -0.25) is 0 Å². The highest BCUT2D eigenvalue weighted by molar-refractivity contribution is 4.89. The van der Waals surface area contributed by atoms with Crippen molar-refractivity contribution in [3.05, 3.63) is 0 Å². The van der Waals surface area contributed by atoms with Crippen molar-refractivity contribution in [1.82, 2.24) is 4.90 Å². The van der Waals surface area contributed by atoms with Gasteiger partial charge >= 0.3 is 0 Å². The molecule has 2 rings (SSSR count). The molecule has 0 aromatic carbocycles. The van der Waals surface area contributed by atoms with Gasteiger partial charge in [0, 0.05) is 6.04 Å². The molecule has 12 heavy (non-hydrogen) atoms. The molecule has 0 spiro atoms. The molecule has 2 aliphatic rings. The molecule has 1 saturated carbocycles. The number of fused-ring (bicyclic) bond motifs is 1. The van der Waals surface area contributed by atoms with Crippen LogP contribution in [-0.2, 0) is 0 Å². The summed E-state index contributed by atoms with van der Waals surface area (Å²) >= 11 is 0. The van der Waals surface area contributed by atoms with Crippen LogP contribution in [-0.4, -0.2) is 24.5 Å². The summed E-state index contributed by atoms with van der Waals surface area (Å²) in [6, 6.07) is 0.924. The number of likely N-dealkylation sites (tertiary alicyclic amines) is 1. The van der Waals surface area contributed by atoms with Crippen molar-refractivity contribution in [1.29, 1.82) is 0 Å². The van der Waals surface area contributed by atoms with Crippen LogP contribution in [0.2, 0.25) is 0 Å². The van der Waals surface area contributed by atoms with Crippen molar-refractivity contribution in [3.63, 3.8) is 0 Å². The maximum absolute atomic E-state index is 2.61. The molecule has 1 aliphatic carbocycles. The van der Waals surface area contributed by atoms with E-state index in [4.69, 9.17) is 0 Å². The molecule has 1 heterocycles. The van der Waals surface area contributed by atoms with Gasteiger partial charge in [-0.25, -0.2) is 0 Å². The molecule has 1 nitrogen and oxygen atoms in total. The Morgan fingerprint density at radius 2 is 1.83 bits per heavy atom. The molecule has 2 fully saturated rings. The van der Waals surface area contributed by atoms with Crippen LogP contribution in [0.5, 0.6) is 0 Å². The van der Waals surface area contributed by atoms with E-state index in [9.17, 15) is 0 Å². The lowest BCUT2D eigenvalue weighted by atomic mass is 9.73. The average molecular weight is 167 g/mol. The normalized spacial score (nSPS) is 44.0. The van der Waals surface area contributed by atoms with Gasteiger partial charge in [-0.2, -0.15) is 0 Å². The van der Waals surface area contributed by atoms with Crippen molar-refractivity contribution in [3.8, 4) is 0 Å². The van der Waals surface area contributed by atoms with Crippen molar-refractivity contribution < 1.29 is 0 Å². The summed E-state index contributed by atoms with van der Waals surface area (Å²) in [6.45, 7) is 3.78. The Morgan fingerprint density at radius 1 is 1.08 bits per heavy atom.